The molecule has 0 saturated carbocycles. The first kappa shape index (κ1) is 18.7. The summed E-state index contributed by atoms with van der Waals surface area (Å²) in [4.78, 5) is 12.1. The molecule has 0 atom stereocenters. The lowest BCUT2D eigenvalue weighted by atomic mass is 10.1. The average Bonchev–Trinajstić information content (AvgIpc) is 2.63. The monoisotopic (exact) mass is 474 g/mol. The zero-order valence-corrected chi connectivity index (χ0v) is 17.2. The van der Waals surface area contributed by atoms with Gasteiger partial charge in [-0.05, 0) is 79.7 Å². The Kier molecular flexibility index (Phi) is 6.12. The summed E-state index contributed by atoms with van der Waals surface area (Å²) in [5.41, 5.74) is 3.24. The molecule has 0 aromatic heterocycles. The third kappa shape index (κ3) is 4.74. The van der Waals surface area contributed by atoms with Gasteiger partial charge in [-0.2, -0.15) is 0 Å². The second-order valence-corrected chi connectivity index (χ2v) is 7.42. The quantitative estimate of drug-likeness (QED) is 0.327. The van der Waals surface area contributed by atoms with Gasteiger partial charge in [-0.3, -0.25) is 0 Å². The molecule has 0 N–H and O–H groups in total. The van der Waals surface area contributed by atoms with Crippen LogP contribution < -0.4 is 9.47 Å². The van der Waals surface area contributed by atoms with Gasteiger partial charge in [-0.1, -0.05) is 42.5 Å². The Morgan fingerprint density at radius 2 is 1.54 bits per heavy atom. The number of hydrogen-bond donors (Lipinski definition) is 0. The van der Waals surface area contributed by atoms with Crippen LogP contribution in [0, 0.1) is 6.92 Å². The van der Waals surface area contributed by atoms with Gasteiger partial charge in [0.15, 0.2) is 6.61 Å². The standard InChI is InChI=1S/C21H16Br2O3/c1-14-7-9-19(17(22)11-14)25-13-21(24)26-20-10-8-16(12-18(20)23)15-5-3-2-4-6-15/h2-12H,13H2,1H3. The summed E-state index contributed by atoms with van der Waals surface area (Å²) in [5.74, 6) is 0.595. The van der Waals surface area contributed by atoms with E-state index in [1.54, 1.807) is 6.07 Å². The SMILES string of the molecule is Cc1ccc(OCC(=O)Oc2ccc(-c3ccccc3)cc2Br)c(Br)c1. The number of hydrogen-bond acceptors (Lipinski definition) is 3. The van der Waals surface area contributed by atoms with Crippen molar-refractivity contribution in [2.75, 3.05) is 6.61 Å². The zero-order valence-electron chi connectivity index (χ0n) is 14.0. The largest absolute Gasteiger partial charge is 0.481 e. The molecule has 3 aromatic carbocycles. The molecule has 0 saturated heterocycles. The van der Waals surface area contributed by atoms with Gasteiger partial charge in [0.1, 0.15) is 11.5 Å². The second-order valence-electron chi connectivity index (χ2n) is 5.71. The molecule has 132 valence electrons. The summed E-state index contributed by atoms with van der Waals surface area (Å²) in [6.07, 6.45) is 0. The molecule has 3 rings (SSSR count). The number of aryl methyl sites for hydroxylation is 1. The van der Waals surface area contributed by atoms with Crippen LogP contribution >= 0.6 is 31.9 Å². The Balaban J connectivity index is 1.64. The van der Waals surface area contributed by atoms with Crippen molar-refractivity contribution in [3.8, 4) is 22.6 Å². The van der Waals surface area contributed by atoms with Crippen LogP contribution in [-0.2, 0) is 4.79 Å². The van der Waals surface area contributed by atoms with Crippen LogP contribution in [0.4, 0.5) is 0 Å². The Morgan fingerprint density at radius 1 is 0.846 bits per heavy atom. The van der Waals surface area contributed by atoms with Crippen molar-refractivity contribution in [1.29, 1.82) is 0 Å². The molecular weight excluding hydrogens is 460 g/mol. The molecule has 0 aliphatic heterocycles. The first-order valence-corrected chi connectivity index (χ1v) is 9.56. The van der Waals surface area contributed by atoms with Crippen molar-refractivity contribution in [3.05, 3.63) is 81.2 Å². The minimum Gasteiger partial charge on any atom is -0.481 e. The van der Waals surface area contributed by atoms with Crippen LogP contribution in [0.5, 0.6) is 11.5 Å². The van der Waals surface area contributed by atoms with E-state index in [0.29, 0.717) is 16.0 Å². The fraction of sp³-hybridized carbons (Fsp3) is 0.0952. The van der Waals surface area contributed by atoms with E-state index in [2.05, 4.69) is 31.9 Å². The summed E-state index contributed by atoms with van der Waals surface area (Å²) in [5, 5.41) is 0. The Morgan fingerprint density at radius 3 is 2.23 bits per heavy atom. The lowest BCUT2D eigenvalue weighted by molar-refractivity contribution is -0.136. The van der Waals surface area contributed by atoms with Crippen LogP contribution in [0.2, 0.25) is 0 Å². The smallest absolute Gasteiger partial charge is 0.349 e. The topological polar surface area (TPSA) is 35.5 Å². The van der Waals surface area contributed by atoms with Crippen LogP contribution in [0.3, 0.4) is 0 Å². The predicted molar refractivity (Wildman–Crippen MR) is 110 cm³/mol. The summed E-state index contributed by atoms with van der Waals surface area (Å²) < 4.78 is 12.4. The molecular formula is C21H16Br2O3. The highest BCUT2D eigenvalue weighted by molar-refractivity contribution is 9.10. The maximum atomic E-state index is 12.1. The molecule has 0 radical (unpaired) electrons. The number of ether oxygens (including phenoxy) is 2. The van der Waals surface area contributed by atoms with E-state index < -0.39 is 5.97 Å². The number of halogens is 2. The third-order valence-electron chi connectivity index (χ3n) is 3.70. The van der Waals surface area contributed by atoms with Gasteiger partial charge in [0.05, 0.1) is 8.95 Å². The van der Waals surface area contributed by atoms with Crippen molar-refractivity contribution in [2.24, 2.45) is 0 Å². The summed E-state index contributed by atoms with van der Waals surface area (Å²) >= 11 is 6.88. The molecule has 26 heavy (non-hydrogen) atoms. The van der Waals surface area contributed by atoms with Crippen LogP contribution in [0.1, 0.15) is 5.56 Å². The van der Waals surface area contributed by atoms with Gasteiger partial charge in [0.25, 0.3) is 0 Å². The molecule has 0 amide bonds. The van der Waals surface area contributed by atoms with Crippen molar-refractivity contribution in [3.63, 3.8) is 0 Å². The zero-order chi connectivity index (χ0) is 18.5. The van der Waals surface area contributed by atoms with Gasteiger partial charge >= 0.3 is 5.97 Å². The van der Waals surface area contributed by atoms with E-state index in [-0.39, 0.29) is 6.61 Å². The van der Waals surface area contributed by atoms with Crippen molar-refractivity contribution in [2.45, 2.75) is 6.92 Å². The van der Waals surface area contributed by atoms with E-state index in [1.807, 2.05) is 67.6 Å². The lowest BCUT2D eigenvalue weighted by Crippen LogP contribution is -2.18. The van der Waals surface area contributed by atoms with E-state index in [9.17, 15) is 4.79 Å². The minimum absolute atomic E-state index is 0.172. The molecule has 0 unspecified atom stereocenters. The number of rotatable bonds is 5. The molecule has 0 bridgehead atoms. The highest BCUT2D eigenvalue weighted by Gasteiger charge is 2.11. The fourth-order valence-corrected chi connectivity index (χ4v) is 3.47. The molecule has 0 spiro atoms. The molecule has 5 heteroatoms. The molecule has 3 aromatic rings. The van der Waals surface area contributed by atoms with E-state index in [0.717, 1.165) is 21.2 Å². The lowest BCUT2D eigenvalue weighted by Gasteiger charge is -2.10. The molecule has 0 heterocycles. The predicted octanol–water partition coefficient (Wildman–Crippen LogP) is 6.17. The summed E-state index contributed by atoms with van der Waals surface area (Å²) in [6, 6.07) is 21.3. The van der Waals surface area contributed by atoms with Gasteiger partial charge in [0.2, 0.25) is 0 Å². The summed E-state index contributed by atoms with van der Waals surface area (Å²) in [6.45, 7) is 1.81. The van der Waals surface area contributed by atoms with E-state index >= 15 is 0 Å². The average molecular weight is 476 g/mol. The van der Waals surface area contributed by atoms with Gasteiger partial charge in [-0.15, -0.1) is 0 Å². The minimum atomic E-state index is -0.467. The Bertz CT molecular complexity index is 924. The number of carbonyl (C=O) groups is 1. The van der Waals surface area contributed by atoms with Crippen molar-refractivity contribution < 1.29 is 14.3 Å². The highest BCUT2D eigenvalue weighted by atomic mass is 79.9. The van der Waals surface area contributed by atoms with Crippen LogP contribution in [-0.4, -0.2) is 12.6 Å². The first-order valence-electron chi connectivity index (χ1n) is 7.97. The van der Waals surface area contributed by atoms with E-state index in [1.165, 1.54) is 0 Å². The van der Waals surface area contributed by atoms with Crippen LogP contribution in [0.15, 0.2) is 75.7 Å². The van der Waals surface area contributed by atoms with E-state index in [4.69, 9.17) is 9.47 Å². The van der Waals surface area contributed by atoms with Crippen LogP contribution in [0.25, 0.3) is 11.1 Å². The Labute approximate surface area is 169 Å². The maximum Gasteiger partial charge on any atom is 0.349 e. The number of esters is 1. The number of benzene rings is 3. The second kappa shape index (κ2) is 8.52. The fourth-order valence-electron chi connectivity index (χ4n) is 2.41. The normalized spacial score (nSPS) is 10.4. The highest BCUT2D eigenvalue weighted by Crippen LogP contribution is 2.31. The van der Waals surface area contributed by atoms with Crippen molar-refractivity contribution in [1.82, 2.24) is 0 Å². The molecule has 0 aliphatic carbocycles. The summed E-state index contributed by atoms with van der Waals surface area (Å²) in [7, 11) is 0. The maximum absolute atomic E-state index is 12.1. The molecule has 0 aliphatic rings. The molecule has 0 fully saturated rings. The van der Waals surface area contributed by atoms with Gasteiger partial charge in [-0.25, -0.2) is 4.79 Å². The number of carbonyl (C=O) groups excluding carboxylic acids is 1. The van der Waals surface area contributed by atoms with Crippen molar-refractivity contribution >= 4 is 37.8 Å². The van der Waals surface area contributed by atoms with Gasteiger partial charge < -0.3 is 9.47 Å². The van der Waals surface area contributed by atoms with Gasteiger partial charge in [0, 0.05) is 0 Å². The third-order valence-corrected chi connectivity index (χ3v) is 4.94. The molecule has 3 nitrogen and oxygen atoms in total. The first-order chi connectivity index (χ1) is 12.5. The Hall–Kier alpha value is -2.11.